The van der Waals surface area contributed by atoms with E-state index in [0.29, 0.717) is 17.5 Å². The van der Waals surface area contributed by atoms with Crippen molar-refractivity contribution in [3.05, 3.63) is 94.7 Å². The zero-order chi connectivity index (χ0) is 24.5. The predicted octanol–water partition coefficient (Wildman–Crippen LogP) is 4.89. The first-order valence-corrected chi connectivity index (χ1v) is 12.5. The Morgan fingerprint density at radius 3 is 2.57 bits per heavy atom. The minimum Gasteiger partial charge on any atom is -0.496 e. The number of anilines is 1. The highest BCUT2D eigenvalue weighted by Gasteiger charge is 2.15. The van der Waals surface area contributed by atoms with Crippen molar-refractivity contribution in [2.45, 2.75) is 11.7 Å². The Labute approximate surface area is 215 Å². The number of carbonyl (C=O) groups excluding carboxylic acids is 1. The van der Waals surface area contributed by atoms with Gasteiger partial charge in [0.05, 0.1) is 25.6 Å². The van der Waals surface area contributed by atoms with E-state index < -0.39 is 0 Å². The lowest BCUT2D eigenvalue weighted by molar-refractivity contribution is -0.118. The van der Waals surface area contributed by atoms with Gasteiger partial charge in [0.15, 0.2) is 11.0 Å². The van der Waals surface area contributed by atoms with Crippen molar-refractivity contribution < 1.29 is 9.53 Å². The predicted molar refractivity (Wildman–Crippen MR) is 142 cm³/mol. The Bertz CT molecular complexity index is 1300. The number of nitrogens with one attached hydrogen (secondary N) is 2. The van der Waals surface area contributed by atoms with Crippen LogP contribution in [-0.4, -0.2) is 39.7 Å². The number of benzene rings is 3. The van der Waals surface area contributed by atoms with Gasteiger partial charge in [0.1, 0.15) is 5.75 Å². The number of halogens is 1. The summed E-state index contributed by atoms with van der Waals surface area (Å²) in [4.78, 5) is 12.4. The fourth-order valence-corrected chi connectivity index (χ4v) is 4.37. The molecule has 2 N–H and O–H groups in total. The molecule has 10 heteroatoms. The molecule has 0 spiro atoms. The molecule has 1 heterocycles. The van der Waals surface area contributed by atoms with Crippen LogP contribution in [0, 0.1) is 0 Å². The second-order valence-corrected chi connectivity index (χ2v) is 9.12. The minimum absolute atomic E-state index is 0.129. The van der Waals surface area contributed by atoms with Crippen LogP contribution in [0.5, 0.6) is 5.75 Å². The van der Waals surface area contributed by atoms with Gasteiger partial charge in [-0.15, -0.1) is 10.2 Å². The molecule has 0 unspecified atom stereocenters. The number of ether oxygens (including phenoxy) is 1. The van der Waals surface area contributed by atoms with Crippen molar-refractivity contribution >= 4 is 45.5 Å². The summed E-state index contributed by atoms with van der Waals surface area (Å²) < 4.78 is 8.15. The van der Waals surface area contributed by atoms with Gasteiger partial charge in [-0.1, -0.05) is 64.1 Å². The van der Waals surface area contributed by atoms with Gasteiger partial charge in [-0.05, 0) is 42.5 Å². The lowest BCUT2D eigenvalue weighted by Crippen LogP contribution is -2.20. The van der Waals surface area contributed by atoms with E-state index in [-0.39, 0.29) is 11.7 Å². The van der Waals surface area contributed by atoms with Crippen LogP contribution < -0.4 is 15.5 Å². The van der Waals surface area contributed by atoms with E-state index in [0.717, 1.165) is 27.2 Å². The lowest BCUT2D eigenvalue weighted by atomic mass is 10.2. The SMILES string of the molecule is COc1ccc(Br)cc1/C=N\NC(=O)CSc1nnc(CNc2ccccc2)n1-c1ccccc1. The lowest BCUT2D eigenvalue weighted by Gasteiger charge is -2.11. The van der Waals surface area contributed by atoms with Crippen LogP contribution in [0.4, 0.5) is 5.69 Å². The average molecular weight is 551 g/mol. The van der Waals surface area contributed by atoms with Gasteiger partial charge in [0, 0.05) is 21.4 Å². The molecule has 1 amide bonds. The van der Waals surface area contributed by atoms with Crippen molar-refractivity contribution in [1.29, 1.82) is 0 Å². The molecular weight excluding hydrogens is 528 g/mol. The summed E-state index contributed by atoms with van der Waals surface area (Å²) in [6.45, 7) is 0.484. The maximum atomic E-state index is 12.4. The fourth-order valence-electron chi connectivity index (χ4n) is 3.22. The molecule has 0 saturated heterocycles. The molecule has 8 nitrogen and oxygen atoms in total. The molecule has 0 aliphatic rings. The number of rotatable bonds is 10. The van der Waals surface area contributed by atoms with E-state index >= 15 is 0 Å². The number of carbonyl (C=O) groups is 1. The number of hydrazone groups is 1. The number of para-hydroxylation sites is 2. The Hall–Kier alpha value is -3.63. The van der Waals surface area contributed by atoms with Gasteiger partial charge in [-0.25, -0.2) is 5.43 Å². The molecule has 178 valence electrons. The summed E-state index contributed by atoms with van der Waals surface area (Å²) in [6.07, 6.45) is 1.55. The Kier molecular flexibility index (Phi) is 8.53. The monoisotopic (exact) mass is 550 g/mol. The number of amides is 1. The first-order chi connectivity index (χ1) is 17.1. The summed E-state index contributed by atoms with van der Waals surface area (Å²) in [5.74, 6) is 1.27. The van der Waals surface area contributed by atoms with Gasteiger partial charge in [-0.2, -0.15) is 5.10 Å². The van der Waals surface area contributed by atoms with E-state index in [1.165, 1.54) is 11.8 Å². The number of hydrogen-bond acceptors (Lipinski definition) is 7. The molecule has 0 aliphatic carbocycles. The third-order valence-electron chi connectivity index (χ3n) is 4.86. The van der Waals surface area contributed by atoms with Crippen LogP contribution in [0.15, 0.2) is 93.6 Å². The van der Waals surface area contributed by atoms with E-state index in [9.17, 15) is 4.79 Å². The number of nitrogens with zero attached hydrogens (tertiary/aromatic N) is 4. The van der Waals surface area contributed by atoms with Crippen molar-refractivity contribution in [1.82, 2.24) is 20.2 Å². The van der Waals surface area contributed by atoms with Crippen molar-refractivity contribution in [3.63, 3.8) is 0 Å². The molecule has 4 aromatic rings. The fraction of sp³-hybridized carbons (Fsp3) is 0.120. The molecule has 0 saturated carbocycles. The Balaban J connectivity index is 1.42. The maximum Gasteiger partial charge on any atom is 0.250 e. The summed E-state index contributed by atoms with van der Waals surface area (Å²) in [6, 6.07) is 25.3. The molecule has 0 aliphatic heterocycles. The molecular formula is C25H23BrN6O2S. The third kappa shape index (κ3) is 6.71. The zero-order valence-corrected chi connectivity index (χ0v) is 21.3. The van der Waals surface area contributed by atoms with Gasteiger partial charge >= 0.3 is 0 Å². The van der Waals surface area contributed by atoms with E-state index in [2.05, 4.69) is 42.0 Å². The van der Waals surface area contributed by atoms with Crippen LogP contribution in [0.1, 0.15) is 11.4 Å². The number of hydrogen-bond donors (Lipinski definition) is 2. The molecule has 0 atom stereocenters. The summed E-state index contributed by atoms with van der Waals surface area (Å²) >= 11 is 4.71. The highest BCUT2D eigenvalue weighted by molar-refractivity contribution is 9.10. The highest BCUT2D eigenvalue weighted by Crippen LogP contribution is 2.23. The molecule has 0 bridgehead atoms. The normalized spacial score (nSPS) is 10.9. The number of aromatic nitrogens is 3. The summed E-state index contributed by atoms with van der Waals surface area (Å²) in [5.41, 5.74) is 5.21. The molecule has 0 radical (unpaired) electrons. The molecule has 1 aromatic heterocycles. The van der Waals surface area contributed by atoms with E-state index in [1.807, 2.05) is 83.4 Å². The van der Waals surface area contributed by atoms with E-state index in [4.69, 9.17) is 4.74 Å². The van der Waals surface area contributed by atoms with Gasteiger partial charge < -0.3 is 10.1 Å². The standard InChI is InChI=1S/C25H23BrN6O2S/c1-34-22-13-12-19(26)14-18(22)15-28-30-24(33)17-35-25-31-29-23(16-27-20-8-4-2-5-9-20)32(25)21-10-6-3-7-11-21/h2-15,27H,16-17H2,1H3,(H,30,33)/b28-15-. The van der Waals surface area contributed by atoms with Gasteiger partial charge in [-0.3, -0.25) is 9.36 Å². The van der Waals surface area contributed by atoms with Crippen LogP contribution in [0.2, 0.25) is 0 Å². The van der Waals surface area contributed by atoms with E-state index in [1.54, 1.807) is 13.3 Å². The first kappa shape index (κ1) is 24.5. The average Bonchev–Trinajstić information content (AvgIpc) is 3.30. The second-order valence-electron chi connectivity index (χ2n) is 7.26. The second kappa shape index (κ2) is 12.2. The highest BCUT2D eigenvalue weighted by atomic mass is 79.9. The van der Waals surface area contributed by atoms with Crippen molar-refractivity contribution in [2.75, 3.05) is 18.2 Å². The number of thioether (sulfide) groups is 1. The van der Waals surface area contributed by atoms with Crippen LogP contribution in [0.25, 0.3) is 5.69 Å². The molecule has 3 aromatic carbocycles. The Morgan fingerprint density at radius 2 is 1.83 bits per heavy atom. The van der Waals surface area contributed by atoms with Crippen LogP contribution >= 0.6 is 27.7 Å². The zero-order valence-electron chi connectivity index (χ0n) is 18.9. The van der Waals surface area contributed by atoms with Crippen LogP contribution in [0.3, 0.4) is 0 Å². The first-order valence-electron chi connectivity index (χ1n) is 10.7. The molecule has 35 heavy (non-hydrogen) atoms. The number of methoxy groups -OCH3 is 1. The van der Waals surface area contributed by atoms with Crippen molar-refractivity contribution in [2.24, 2.45) is 5.10 Å². The molecule has 0 fully saturated rings. The quantitative estimate of drug-likeness (QED) is 0.166. The molecule has 4 rings (SSSR count). The van der Waals surface area contributed by atoms with Gasteiger partial charge in [0.2, 0.25) is 0 Å². The maximum absolute atomic E-state index is 12.4. The van der Waals surface area contributed by atoms with Gasteiger partial charge in [0.25, 0.3) is 5.91 Å². The minimum atomic E-state index is -0.258. The smallest absolute Gasteiger partial charge is 0.250 e. The van der Waals surface area contributed by atoms with Crippen molar-refractivity contribution in [3.8, 4) is 11.4 Å². The Morgan fingerprint density at radius 1 is 1.09 bits per heavy atom. The van der Waals surface area contributed by atoms with Crippen LogP contribution in [-0.2, 0) is 11.3 Å². The summed E-state index contributed by atoms with van der Waals surface area (Å²) in [7, 11) is 1.59. The summed E-state index contributed by atoms with van der Waals surface area (Å²) in [5, 5.41) is 16.7. The third-order valence-corrected chi connectivity index (χ3v) is 6.28. The topological polar surface area (TPSA) is 93.4 Å². The largest absolute Gasteiger partial charge is 0.496 e.